The number of fused-ring (bicyclic) bond motifs is 1. The molecule has 0 amide bonds. The number of hydrogen-bond donors (Lipinski definition) is 1. The molecule has 2 saturated heterocycles. The van der Waals surface area contributed by atoms with E-state index in [1.165, 1.54) is 7.11 Å². The maximum Gasteiger partial charge on any atom is 0.327 e. The lowest BCUT2D eigenvalue weighted by Crippen LogP contribution is -2.56. The van der Waals surface area contributed by atoms with Crippen molar-refractivity contribution in [2.45, 2.75) is 18.0 Å². The zero-order chi connectivity index (χ0) is 19.9. The third-order valence-corrected chi connectivity index (χ3v) is 5.75. The van der Waals surface area contributed by atoms with E-state index in [-0.39, 0.29) is 6.42 Å². The first-order valence-electron chi connectivity index (χ1n) is 8.87. The molecular weight excluding hydrogens is 382 g/mol. The molecule has 2 aromatic carbocycles. The lowest BCUT2D eigenvalue weighted by atomic mass is 9.76. The van der Waals surface area contributed by atoms with Crippen LogP contribution < -0.4 is 5.32 Å². The Bertz CT molecular complexity index is 930. The van der Waals surface area contributed by atoms with Gasteiger partial charge in [-0.2, -0.15) is 0 Å². The molecule has 0 bridgehead atoms. The molecule has 0 radical (unpaired) electrons. The van der Waals surface area contributed by atoms with Crippen molar-refractivity contribution in [2.24, 2.45) is 11.8 Å². The van der Waals surface area contributed by atoms with Gasteiger partial charge in [0.15, 0.2) is 0 Å². The molecule has 0 unspecified atom stereocenters. The van der Waals surface area contributed by atoms with Crippen LogP contribution in [0.1, 0.15) is 17.2 Å². The first kappa shape index (κ1) is 18.7. The summed E-state index contributed by atoms with van der Waals surface area (Å²) in [4.78, 5) is 38.1. The molecule has 4 atom stereocenters. The summed E-state index contributed by atoms with van der Waals surface area (Å²) in [7, 11) is 1.27. The normalized spacial score (nSPS) is 28.7. The minimum atomic E-state index is -1.41. The fourth-order valence-electron chi connectivity index (χ4n) is 4.29. The van der Waals surface area contributed by atoms with Crippen molar-refractivity contribution in [1.29, 1.82) is 0 Å². The van der Waals surface area contributed by atoms with Gasteiger partial charge in [0.1, 0.15) is 11.5 Å². The summed E-state index contributed by atoms with van der Waals surface area (Å²) in [6, 6.07) is 15.6. The number of carbonyl (C=O) groups is 3. The molecular formula is C21H18ClNO5. The van der Waals surface area contributed by atoms with Crippen LogP contribution in [0.4, 0.5) is 0 Å². The Morgan fingerprint density at radius 1 is 1.11 bits per heavy atom. The van der Waals surface area contributed by atoms with Crippen LogP contribution in [0.15, 0.2) is 54.6 Å². The van der Waals surface area contributed by atoms with Gasteiger partial charge in [-0.1, -0.05) is 54.1 Å². The highest BCUT2D eigenvalue weighted by molar-refractivity contribution is 6.30. The second-order valence-electron chi connectivity index (χ2n) is 7.04. The van der Waals surface area contributed by atoms with Crippen LogP contribution >= 0.6 is 11.6 Å². The number of benzene rings is 2. The lowest BCUT2D eigenvalue weighted by molar-refractivity contribution is -0.160. The molecule has 2 aliphatic heterocycles. The third-order valence-electron chi connectivity index (χ3n) is 5.49. The fourth-order valence-corrected chi connectivity index (χ4v) is 4.41. The molecule has 0 aliphatic carbocycles. The van der Waals surface area contributed by atoms with Gasteiger partial charge in [0.2, 0.25) is 0 Å². The number of nitrogens with one attached hydrogen (secondary N) is 1. The van der Waals surface area contributed by atoms with E-state index in [1.807, 2.05) is 30.3 Å². The standard InChI is InChI=1S/C21H18ClNO5/c1-27-20(26)21(11-12-5-3-2-4-6-12)16-15(18(24)28-19(16)25)17(23-21)13-7-9-14(22)10-8-13/h2-10,15-17,23H,11H2,1H3/t15-,16-,17-,21-/m0/s1. The molecule has 0 spiro atoms. The van der Waals surface area contributed by atoms with E-state index < -0.39 is 41.3 Å². The van der Waals surface area contributed by atoms with Crippen molar-refractivity contribution in [3.05, 3.63) is 70.7 Å². The van der Waals surface area contributed by atoms with Crippen molar-refractivity contribution >= 4 is 29.5 Å². The molecule has 1 N–H and O–H groups in total. The smallest absolute Gasteiger partial charge is 0.327 e. The van der Waals surface area contributed by atoms with Gasteiger partial charge in [0, 0.05) is 17.5 Å². The molecule has 7 heteroatoms. The zero-order valence-corrected chi connectivity index (χ0v) is 15.8. The Labute approximate surface area is 166 Å². The number of hydrogen-bond acceptors (Lipinski definition) is 6. The largest absolute Gasteiger partial charge is 0.468 e. The summed E-state index contributed by atoms with van der Waals surface area (Å²) in [5.74, 6) is -3.75. The number of cyclic esters (lactones) is 2. The monoisotopic (exact) mass is 399 g/mol. The first-order valence-corrected chi connectivity index (χ1v) is 9.25. The van der Waals surface area contributed by atoms with Crippen LogP contribution in [0.3, 0.4) is 0 Å². The van der Waals surface area contributed by atoms with Gasteiger partial charge in [0.05, 0.1) is 13.0 Å². The summed E-state index contributed by atoms with van der Waals surface area (Å²) >= 11 is 5.98. The van der Waals surface area contributed by atoms with Crippen LogP contribution in [0.2, 0.25) is 5.02 Å². The van der Waals surface area contributed by atoms with E-state index in [0.717, 1.165) is 11.1 Å². The number of rotatable bonds is 4. The summed E-state index contributed by atoms with van der Waals surface area (Å²) in [6.45, 7) is 0. The maximum atomic E-state index is 12.9. The SMILES string of the molecule is COC(=O)[C@@]1(Cc2ccccc2)N[C@@H](c2ccc(Cl)cc2)[C@H]2C(=O)OC(=O)[C@H]21. The van der Waals surface area contributed by atoms with Crippen molar-refractivity contribution in [2.75, 3.05) is 7.11 Å². The first-order chi connectivity index (χ1) is 13.5. The number of esters is 3. The van der Waals surface area contributed by atoms with Gasteiger partial charge < -0.3 is 9.47 Å². The van der Waals surface area contributed by atoms with E-state index in [0.29, 0.717) is 5.02 Å². The Hall–Kier alpha value is -2.70. The molecule has 4 rings (SSSR count). The highest BCUT2D eigenvalue weighted by Crippen LogP contribution is 2.49. The molecule has 2 heterocycles. The molecule has 2 fully saturated rings. The van der Waals surface area contributed by atoms with Gasteiger partial charge in [-0.05, 0) is 23.3 Å². The number of ether oxygens (including phenoxy) is 2. The van der Waals surface area contributed by atoms with Crippen molar-refractivity contribution in [3.63, 3.8) is 0 Å². The quantitative estimate of drug-likeness (QED) is 0.628. The Morgan fingerprint density at radius 2 is 1.79 bits per heavy atom. The fraction of sp³-hybridized carbons (Fsp3) is 0.286. The van der Waals surface area contributed by atoms with Crippen molar-refractivity contribution in [3.8, 4) is 0 Å². The summed E-state index contributed by atoms with van der Waals surface area (Å²) < 4.78 is 10.0. The lowest BCUT2D eigenvalue weighted by Gasteiger charge is -2.31. The van der Waals surface area contributed by atoms with Crippen molar-refractivity contribution in [1.82, 2.24) is 5.32 Å². The summed E-state index contributed by atoms with van der Waals surface area (Å²) in [5.41, 5.74) is 0.168. The van der Waals surface area contributed by atoms with Crippen LogP contribution in [-0.2, 0) is 30.3 Å². The molecule has 6 nitrogen and oxygen atoms in total. The van der Waals surface area contributed by atoms with Crippen LogP contribution in [0.25, 0.3) is 0 Å². The van der Waals surface area contributed by atoms with Gasteiger partial charge in [-0.25, -0.2) is 0 Å². The molecule has 0 saturated carbocycles. The zero-order valence-electron chi connectivity index (χ0n) is 15.1. The topological polar surface area (TPSA) is 81.7 Å². The number of carbonyl (C=O) groups excluding carboxylic acids is 3. The number of halogens is 1. The second kappa shape index (κ2) is 7.04. The summed E-state index contributed by atoms with van der Waals surface area (Å²) in [6.07, 6.45) is 0.189. The second-order valence-corrected chi connectivity index (χ2v) is 7.48. The van der Waals surface area contributed by atoms with Gasteiger partial charge in [-0.3, -0.25) is 19.7 Å². The minimum Gasteiger partial charge on any atom is -0.468 e. The van der Waals surface area contributed by atoms with Crippen molar-refractivity contribution < 1.29 is 23.9 Å². The molecule has 2 aromatic rings. The van der Waals surface area contributed by atoms with Gasteiger partial charge in [0.25, 0.3) is 0 Å². The molecule has 28 heavy (non-hydrogen) atoms. The van der Waals surface area contributed by atoms with E-state index in [1.54, 1.807) is 24.3 Å². The predicted molar refractivity (Wildman–Crippen MR) is 100 cm³/mol. The van der Waals surface area contributed by atoms with E-state index in [9.17, 15) is 14.4 Å². The Balaban J connectivity index is 1.83. The highest BCUT2D eigenvalue weighted by Gasteiger charge is 2.68. The molecule has 0 aromatic heterocycles. The summed E-state index contributed by atoms with van der Waals surface area (Å²) in [5, 5.41) is 3.81. The minimum absolute atomic E-state index is 0.189. The van der Waals surface area contributed by atoms with Gasteiger partial charge >= 0.3 is 17.9 Å². The average Bonchev–Trinajstić information content (AvgIpc) is 3.20. The van der Waals surface area contributed by atoms with E-state index in [4.69, 9.17) is 21.1 Å². The van der Waals surface area contributed by atoms with Crippen LogP contribution in [0.5, 0.6) is 0 Å². The van der Waals surface area contributed by atoms with Crippen LogP contribution in [-0.4, -0.2) is 30.6 Å². The maximum absolute atomic E-state index is 12.9. The molecule has 2 aliphatic rings. The Morgan fingerprint density at radius 3 is 2.43 bits per heavy atom. The Kier molecular flexibility index (Phi) is 4.69. The molecule has 144 valence electrons. The van der Waals surface area contributed by atoms with E-state index >= 15 is 0 Å². The van der Waals surface area contributed by atoms with E-state index in [2.05, 4.69) is 5.32 Å². The predicted octanol–water partition coefficient (Wildman–Crippen LogP) is 2.45. The van der Waals surface area contributed by atoms with Crippen LogP contribution in [0, 0.1) is 11.8 Å². The average molecular weight is 400 g/mol. The third kappa shape index (κ3) is 2.89. The number of methoxy groups -OCH3 is 1. The highest BCUT2D eigenvalue weighted by atomic mass is 35.5. The van der Waals surface area contributed by atoms with Gasteiger partial charge in [-0.15, -0.1) is 0 Å².